The lowest BCUT2D eigenvalue weighted by atomic mass is 10.1. The van der Waals surface area contributed by atoms with Gasteiger partial charge in [-0.15, -0.1) is 10.2 Å². The molecule has 184 valence electrons. The lowest BCUT2D eigenvalue weighted by molar-refractivity contribution is -0.114. The summed E-state index contributed by atoms with van der Waals surface area (Å²) in [5.74, 6) is -1.31. The fraction of sp³-hybridized carbons (Fsp3) is 0.182. The number of benzene rings is 2. The molecule has 2 amide bonds. The maximum Gasteiger partial charge on any atom is 0.250 e. The summed E-state index contributed by atoms with van der Waals surface area (Å²) in [5.41, 5.74) is 0.521. The van der Waals surface area contributed by atoms with Gasteiger partial charge in [0.15, 0.2) is 15.8 Å². The van der Waals surface area contributed by atoms with E-state index in [-0.39, 0.29) is 16.6 Å². The fourth-order valence-corrected chi connectivity index (χ4v) is 4.29. The zero-order valence-corrected chi connectivity index (χ0v) is 20.4. The molecule has 3 rings (SSSR count). The van der Waals surface area contributed by atoms with Gasteiger partial charge in [-0.1, -0.05) is 23.1 Å². The summed E-state index contributed by atoms with van der Waals surface area (Å²) in [4.78, 5) is 24.3. The third-order valence-electron chi connectivity index (χ3n) is 4.28. The van der Waals surface area contributed by atoms with Crippen molar-refractivity contribution in [2.45, 2.75) is 4.34 Å². The van der Waals surface area contributed by atoms with E-state index in [2.05, 4.69) is 20.8 Å². The molecule has 1 heterocycles. The predicted molar refractivity (Wildman–Crippen MR) is 129 cm³/mol. The molecule has 0 fully saturated rings. The van der Waals surface area contributed by atoms with Crippen molar-refractivity contribution in [2.24, 2.45) is 0 Å². The quantitative estimate of drug-likeness (QED) is 0.231. The van der Waals surface area contributed by atoms with Crippen molar-refractivity contribution >= 4 is 51.8 Å². The van der Waals surface area contributed by atoms with E-state index in [9.17, 15) is 18.4 Å². The summed E-state index contributed by atoms with van der Waals surface area (Å²) in [7, 11) is 4.48. The first-order valence-electron chi connectivity index (χ1n) is 9.83. The van der Waals surface area contributed by atoms with Crippen molar-refractivity contribution in [2.75, 3.05) is 37.7 Å². The number of thioether (sulfide) groups is 1. The first-order chi connectivity index (χ1) is 16.8. The molecule has 0 aliphatic rings. The third kappa shape index (κ3) is 7.13. The van der Waals surface area contributed by atoms with Gasteiger partial charge in [0, 0.05) is 12.1 Å². The maximum absolute atomic E-state index is 13.6. The number of methoxy groups -OCH3 is 3. The Kier molecular flexibility index (Phi) is 8.98. The van der Waals surface area contributed by atoms with Gasteiger partial charge in [-0.05, 0) is 35.9 Å². The fourth-order valence-electron chi connectivity index (χ4n) is 2.74. The van der Waals surface area contributed by atoms with E-state index in [1.807, 2.05) is 0 Å². The molecule has 0 radical (unpaired) electrons. The normalized spacial score (nSPS) is 10.8. The highest BCUT2D eigenvalue weighted by Gasteiger charge is 2.14. The second kappa shape index (κ2) is 12.1. The Hall–Kier alpha value is -3.71. The van der Waals surface area contributed by atoms with Crippen molar-refractivity contribution in [3.8, 4) is 17.2 Å². The minimum Gasteiger partial charge on any atom is -0.493 e. The Labute approximate surface area is 207 Å². The minimum atomic E-state index is -0.871. The highest BCUT2D eigenvalue weighted by atomic mass is 32.2. The van der Waals surface area contributed by atoms with Crippen LogP contribution in [0.3, 0.4) is 0 Å². The number of hydrogen-bond acceptors (Lipinski definition) is 9. The van der Waals surface area contributed by atoms with Crippen LogP contribution in [0.15, 0.2) is 40.7 Å². The molecule has 0 aliphatic heterocycles. The number of hydrogen-bond donors (Lipinski definition) is 2. The van der Waals surface area contributed by atoms with E-state index in [1.54, 1.807) is 18.2 Å². The van der Waals surface area contributed by atoms with Gasteiger partial charge < -0.3 is 19.5 Å². The van der Waals surface area contributed by atoms with Crippen LogP contribution in [-0.4, -0.2) is 49.1 Å². The number of rotatable bonds is 10. The van der Waals surface area contributed by atoms with Gasteiger partial charge in [-0.3, -0.25) is 14.9 Å². The molecule has 13 heteroatoms. The molecule has 0 atom stereocenters. The number of aromatic nitrogens is 2. The zero-order valence-electron chi connectivity index (χ0n) is 18.8. The second-order valence-corrected chi connectivity index (χ2v) is 8.82. The van der Waals surface area contributed by atoms with E-state index in [0.717, 1.165) is 35.2 Å². The number of carbonyl (C=O) groups is 2. The molecule has 0 saturated heterocycles. The molecule has 0 unspecified atom stereocenters. The molecular formula is C22H20F2N4O5S2. The van der Waals surface area contributed by atoms with Crippen LogP contribution >= 0.6 is 23.1 Å². The summed E-state index contributed by atoms with van der Waals surface area (Å²) in [6, 6.07) is 6.24. The van der Waals surface area contributed by atoms with Crippen molar-refractivity contribution < 1.29 is 32.6 Å². The monoisotopic (exact) mass is 522 g/mol. The van der Waals surface area contributed by atoms with Crippen LogP contribution in [0.2, 0.25) is 0 Å². The van der Waals surface area contributed by atoms with Gasteiger partial charge >= 0.3 is 0 Å². The number of ether oxygens (including phenoxy) is 3. The smallest absolute Gasteiger partial charge is 0.250 e. The van der Waals surface area contributed by atoms with Crippen LogP contribution in [-0.2, 0) is 9.59 Å². The number of carbonyl (C=O) groups excluding carboxylic acids is 2. The summed E-state index contributed by atoms with van der Waals surface area (Å²) in [6.07, 6.45) is 2.87. The van der Waals surface area contributed by atoms with Gasteiger partial charge in [-0.25, -0.2) is 8.78 Å². The Morgan fingerprint density at radius 2 is 1.74 bits per heavy atom. The molecule has 2 aromatic carbocycles. The van der Waals surface area contributed by atoms with E-state index < -0.39 is 23.4 Å². The minimum absolute atomic E-state index is 0.0829. The topological polar surface area (TPSA) is 112 Å². The largest absolute Gasteiger partial charge is 0.493 e. The van der Waals surface area contributed by atoms with E-state index in [1.165, 1.54) is 27.4 Å². The van der Waals surface area contributed by atoms with Gasteiger partial charge in [0.1, 0.15) is 11.6 Å². The molecular weight excluding hydrogens is 502 g/mol. The number of anilines is 2. The predicted octanol–water partition coefficient (Wildman–Crippen LogP) is 4.22. The molecule has 9 nitrogen and oxygen atoms in total. The van der Waals surface area contributed by atoms with Crippen LogP contribution in [0.5, 0.6) is 17.2 Å². The molecule has 2 N–H and O–H groups in total. The lowest BCUT2D eigenvalue weighted by Gasteiger charge is -2.12. The van der Waals surface area contributed by atoms with Gasteiger partial charge in [0.2, 0.25) is 22.7 Å². The number of halogens is 2. The van der Waals surface area contributed by atoms with E-state index >= 15 is 0 Å². The van der Waals surface area contributed by atoms with Crippen molar-refractivity contribution in [1.82, 2.24) is 10.2 Å². The van der Waals surface area contributed by atoms with Crippen LogP contribution < -0.4 is 24.8 Å². The standard InChI is InChI=1S/C22H20F2N4O5S2/c1-31-16-8-12(9-17(32-2)20(16)33-3)4-7-18(29)26-21-27-28-22(35-21)34-11-19(30)25-15-6-5-13(23)10-14(15)24/h4-10H,11H2,1-3H3,(H,25,30)(H,26,27,29)/b7-4+. The van der Waals surface area contributed by atoms with Crippen LogP contribution in [0.4, 0.5) is 19.6 Å². The summed E-state index contributed by atoms with van der Waals surface area (Å²) in [6.45, 7) is 0. The van der Waals surface area contributed by atoms with Crippen molar-refractivity contribution in [3.05, 3.63) is 53.6 Å². The molecule has 3 aromatic rings. The molecule has 0 saturated carbocycles. The second-order valence-electron chi connectivity index (χ2n) is 6.62. The average molecular weight is 523 g/mol. The Morgan fingerprint density at radius 1 is 1.03 bits per heavy atom. The SMILES string of the molecule is COc1cc(/C=C/C(=O)Nc2nnc(SCC(=O)Nc3ccc(F)cc3F)s2)cc(OC)c1OC. The molecule has 1 aromatic heterocycles. The Balaban J connectivity index is 1.54. The van der Waals surface area contributed by atoms with Crippen molar-refractivity contribution in [1.29, 1.82) is 0 Å². The average Bonchev–Trinajstić information content (AvgIpc) is 3.29. The number of amides is 2. The molecule has 0 spiro atoms. The van der Waals surface area contributed by atoms with Crippen LogP contribution in [0, 0.1) is 11.6 Å². The Morgan fingerprint density at radius 3 is 2.37 bits per heavy atom. The van der Waals surface area contributed by atoms with Crippen LogP contribution in [0.1, 0.15) is 5.56 Å². The maximum atomic E-state index is 13.6. The summed E-state index contributed by atoms with van der Waals surface area (Å²) < 4.78 is 42.9. The van der Waals surface area contributed by atoms with Gasteiger partial charge in [0.25, 0.3) is 0 Å². The highest BCUT2D eigenvalue weighted by molar-refractivity contribution is 8.01. The van der Waals surface area contributed by atoms with Gasteiger partial charge in [-0.2, -0.15) is 0 Å². The van der Waals surface area contributed by atoms with E-state index in [4.69, 9.17) is 14.2 Å². The molecule has 35 heavy (non-hydrogen) atoms. The summed E-state index contributed by atoms with van der Waals surface area (Å²) in [5, 5.41) is 12.9. The van der Waals surface area contributed by atoms with Crippen LogP contribution in [0.25, 0.3) is 6.08 Å². The third-order valence-corrected chi connectivity index (χ3v) is 6.25. The number of nitrogens with zero attached hydrogens (tertiary/aromatic N) is 2. The molecule has 0 bridgehead atoms. The van der Waals surface area contributed by atoms with E-state index in [0.29, 0.717) is 33.2 Å². The van der Waals surface area contributed by atoms with Crippen molar-refractivity contribution in [3.63, 3.8) is 0 Å². The highest BCUT2D eigenvalue weighted by Crippen LogP contribution is 2.38. The first kappa shape index (κ1) is 25.9. The number of nitrogens with one attached hydrogen (secondary N) is 2. The lowest BCUT2D eigenvalue weighted by Crippen LogP contribution is -2.15. The zero-order chi connectivity index (χ0) is 25.4. The summed E-state index contributed by atoms with van der Waals surface area (Å²) >= 11 is 2.12. The Bertz CT molecular complexity index is 1230. The van der Waals surface area contributed by atoms with Gasteiger partial charge in [0.05, 0.1) is 32.8 Å². The first-order valence-corrected chi connectivity index (χ1v) is 11.6. The molecule has 0 aliphatic carbocycles.